The third-order valence-electron chi connectivity index (χ3n) is 6.23. The third kappa shape index (κ3) is 4.75. The molecule has 0 saturated carbocycles. The van der Waals surface area contributed by atoms with Gasteiger partial charge in [0.1, 0.15) is 11.6 Å². The van der Waals surface area contributed by atoms with Crippen molar-refractivity contribution in [1.29, 1.82) is 0 Å². The number of aliphatic hydroxyl groups is 1. The van der Waals surface area contributed by atoms with Crippen LogP contribution in [0.4, 0.5) is 15.9 Å². The van der Waals surface area contributed by atoms with E-state index in [4.69, 9.17) is 5.11 Å². The molecule has 4 heterocycles. The molecule has 9 nitrogen and oxygen atoms in total. The molecule has 0 aliphatic carbocycles. The van der Waals surface area contributed by atoms with E-state index in [2.05, 4.69) is 25.3 Å². The Morgan fingerprint density at radius 3 is 2.66 bits per heavy atom. The number of sulfone groups is 1. The van der Waals surface area contributed by atoms with E-state index in [-0.39, 0.29) is 17.3 Å². The topological polar surface area (TPSA) is 113 Å². The van der Waals surface area contributed by atoms with Crippen LogP contribution in [0.5, 0.6) is 0 Å². The van der Waals surface area contributed by atoms with Crippen LogP contribution in [-0.4, -0.2) is 63.6 Å². The molecule has 0 atom stereocenters. The molecule has 35 heavy (non-hydrogen) atoms. The molecule has 3 aromatic heterocycles. The van der Waals surface area contributed by atoms with Gasteiger partial charge in [0.2, 0.25) is 0 Å². The Morgan fingerprint density at radius 1 is 1.14 bits per heavy atom. The molecule has 1 fully saturated rings. The summed E-state index contributed by atoms with van der Waals surface area (Å²) in [5.41, 5.74) is 1.65. The maximum Gasteiger partial charge on any atom is 0.198 e. The van der Waals surface area contributed by atoms with E-state index in [1.165, 1.54) is 16.8 Å². The summed E-state index contributed by atoms with van der Waals surface area (Å²) in [6, 6.07) is 11.1. The molecule has 11 heteroatoms. The highest BCUT2D eigenvalue weighted by molar-refractivity contribution is 7.92. The number of nitrogens with one attached hydrogen (secondary N) is 1. The fourth-order valence-corrected chi connectivity index (χ4v) is 5.82. The van der Waals surface area contributed by atoms with Crippen molar-refractivity contribution in [3.05, 3.63) is 66.4 Å². The van der Waals surface area contributed by atoms with Gasteiger partial charge >= 0.3 is 0 Å². The number of likely N-dealkylation sites (tertiary alicyclic amines) is 1. The van der Waals surface area contributed by atoms with Gasteiger partial charge in [-0.15, -0.1) is 0 Å². The smallest absolute Gasteiger partial charge is 0.198 e. The van der Waals surface area contributed by atoms with E-state index in [9.17, 15) is 12.8 Å². The van der Waals surface area contributed by atoms with E-state index >= 15 is 0 Å². The van der Waals surface area contributed by atoms with Crippen LogP contribution in [0.1, 0.15) is 18.5 Å². The summed E-state index contributed by atoms with van der Waals surface area (Å²) < 4.78 is 42.6. The lowest BCUT2D eigenvalue weighted by molar-refractivity contribution is 0.276. The molecule has 1 aliphatic rings. The normalized spacial score (nSPS) is 15.5. The van der Waals surface area contributed by atoms with Crippen LogP contribution < -0.4 is 5.32 Å². The monoisotopic (exact) mass is 496 g/mol. The average Bonchev–Trinajstić information content (AvgIpc) is 3.34. The van der Waals surface area contributed by atoms with Crippen LogP contribution in [0.2, 0.25) is 0 Å². The molecule has 182 valence electrons. The number of piperidine rings is 1. The van der Waals surface area contributed by atoms with E-state index in [1.807, 2.05) is 7.05 Å². The number of benzene rings is 1. The Balaban J connectivity index is 1.39. The van der Waals surface area contributed by atoms with Crippen LogP contribution in [-0.2, 0) is 16.4 Å². The van der Waals surface area contributed by atoms with Gasteiger partial charge in [0.05, 0.1) is 34.4 Å². The van der Waals surface area contributed by atoms with E-state index in [0.717, 1.165) is 13.1 Å². The average molecular weight is 497 g/mol. The van der Waals surface area contributed by atoms with Gasteiger partial charge in [0, 0.05) is 29.9 Å². The van der Waals surface area contributed by atoms with Crippen molar-refractivity contribution in [2.45, 2.75) is 29.7 Å². The Kier molecular flexibility index (Phi) is 6.22. The zero-order valence-electron chi connectivity index (χ0n) is 19.1. The van der Waals surface area contributed by atoms with Crippen LogP contribution in [0.25, 0.3) is 16.6 Å². The highest BCUT2D eigenvalue weighted by Crippen LogP contribution is 2.27. The quantitative estimate of drug-likeness (QED) is 0.419. The molecule has 1 aliphatic heterocycles. The van der Waals surface area contributed by atoms with Gasteiger partial charge in [-0.05, 0) is 63.3 Å². The highest BCUT2D eigenvalue weighted by atomic mass is 32.2. The summed E-state index contributed by atoms with van der Waals surface area (Å²) in [4.78, 5) is 10.9. The van der Waals surface area contributed by atoms with E-state index in [1.54, 1.807) is 42.7 Å². The SMILES string of the molecule is CN1CCC(S(=O)(=O)c2ccc3cnc(Nc4ccc(-n5ccc(CO)n5)cc4F)cc3n2)CC1. The first-order chi connectivity index (χ1) is 16.8. The largest absolute Gasteiger partial charge is 0.390 e. The summed E-state index contributed by atoms with van der Waals surface area (Å²) >= 11 is 0. The molecule has 1 saturated heterocycles. The van der Waals surface area contributed by atoms with Crippen molar-refractivity contribution < 1.29 is 17.9 Å². The summed E-state index contributed by atoms with van der Waals surface area (Å²) in [5, 5.41) is 16.6. The fourth-order valence-electron chi connectivity index (χ4n) is 4.17. The van der Waals surface area contributed by atoms with Crippen molar-refractivity contribution in [3.8, 4) is 5.69 Å². The number of aliphatic hydroxyl groups excluding tert-OH is 1. The van der Waals surface area contributed by atoms with E-state index < -0.39 is 20.9 Å². The molecular weight excluding hydrogens is 471 g/mol. The Morgan fingerprint density at radius 2 is 1.94 bits per heavy atom. The van der Waals surface area contributed by atoms with Gasteiger partial charge in [-0.1, -0.05) is 0 Å². The number of nitrogens with zero attached hydrogens (tertiary/aromatic N) is 5. The number of aromatic nitrogens is 4. The minimum absolute atomic E-state index is 0.0497. The van der Waals surface area contributed by atoms with Gasteiger partial charge in [-0.3, -0.25) is 0 Å². The van der Waals surface area contributed by atoms with Crippen molar-refractivity contribution in [2.24, 2.45) is 0 Å². The Bertz CT molecular complexity index is 1480. The third-order valence-corrected chi connectivity index (χ3v) is 8.39. The first-order valence-electron chi connectivity index (χ1n) is 11.2. The first kappa shape index (κ1) is 23.3. The predicted octanol–water partition coefficient (Wildman–Crippen LogP) is 3.06. The summed E-state index contributed by atoms with van der Waals surface area (Å²) in [5.74, 6) is -0.177. The minimum Gasteiger partial charge on any atom is -0.390 e. The number of rotatable bonds is 6. The number of hydrogen-bond donors (Lipinski definition) is 2. The van der Waals surface area contributed by atoms with Gasteiger partial charge in [0.15, 0.2) is 14.9 Å². The van der Waals surface area contributed by atoms with Gasteiger partial charge in [0.25, 0.3) is 0 Å². The lowest BCUT2D eigenvalue weighted by Crippen LogP contribution is -2.37. The molecule has 0 radical (unpaired) electrons. The van der Waals surface area contributed by atoms with Crippen molar-refractivity contribution >= 4 is 32.2 Å². The number of hydrogen-bond acceptors (Lipinski definition) is 8. The molecule has 0 bridgehead atoms. The Labute approximate surface area is 202 Å². The standard InChI is InChI=1S/C24H25FN6O3S/c1-30-9-7-19(8-10-30)35(33,34)24-5-2-16-14-26-23(13-22(16)28-24)27-21-4-3-18(12-20(21)25)31-11-6-17(15-32)29-31/h2-6,11-14,19,32H,7-10,15H2,1H3,(H,26,27). The molecule has 1 aromatic carbocycles. The maximum atomic E-state index is 14.8. The lowest BCUT2D eigenvalue weighted by atomic mass is 10.1. The number of anilines is 2. The number of pyridine rings is 2. The van der Waals surface area contributed by atoms with Gasteiger partial charge in [-0.25, -0.2) is 27.5 Å². The zero-order valence-corrected chi connectivity index (χ0v) is 19.9. The van der Waals surface area contributed by atoms with E-state index in [0.29, 0.717) is 40.9 Å². The van der Waals surface area contributed by atoms with Crippen molar-refractivity contribution in [3.63, 3.8) is 0 Å². The molecule has 2 N–H and O–H groups in total. The lowest BCUT2D eigenvalue weighted by Gasteiger charge is -2.28. The van der Waals surface area contributed by atoms with Crippen molar-refractivity contribution in [1.82, 2.24) is 24.6 Å². The summed E-state index contributed by atoms with van der Waals surface area (Å²) in [6.45, 7) is 1.28. The second-order valence-electron chi connectivity index (χ2n) is 8.66. The minimum atomic E-state index is -3.55. The fraction of sp³-hybridized carbons (Fsp3) is 0.292. The van der Waals surface area contributed by atoms with Crippen LogP contribution in [0.15, 0.2) is 59.9 Å². The first-order valence-corrected chi connectivity index (χ1v) is 12.8. The Hall–Kier alpha value is -3.41. The highest BCUT2D eigenvalue weighted by Gasteiger charge is 2.31. The summed E-state index contributed by atoms with van der Waals surface area (Å²) in [7, 11) is -1.56. The second kappa shape index (κ2) is 9.33. The molecule has 0 spiro atoms. The van der Waals surface area contributed by atoms with Crippen LogP contribution in [0.3, 0.4) is 0 Å². The molecule has 0 unspecified atom stereocenters. The van der Waals surface area contributed by atoms with Crippen LogP contribution >= 0.6 is 0 Å². The second-order valence-corrected chi connectivity index (χ2v) is 10.8. The number of halogens is 1. The van der Waals surface area contributed by atoms with Crippen molar-refractivity contribution in [2.75, 3.05) is 25.5 Å². The zero-order chi connectivity index (χ0) is 24.6. The summed E-state index contributed by atoms with van der Waals surface area (Å²) in [6.07, 6.45) is 4.37. The molecular formula is C24H25FN6O3S. The van der Waals surface area contributed by atoms with Gasteiger partial charge in [-0.2, -0.15) is 5.10 Å². The maximum absolute atomic E-state index is 14.8. The molecule has 5 rings (SSSR count). The molecule has 0 amide bonds. The number of fused-ring (bicyclic) bond motifs is 1. The molecule has 4 aromatic rings. The predicted molar refractivity (Wildman–Crippen MR) is 130 cm³/mol. The van der Waals surface area contributed by atoms with Gasteiger partial charge < -0.3 is 15.3 Å². The van der Waals surface area contributed by atoms with Crippen LogP contribution in [0, 0.1) is 5.82 Å².